The zero-order valence-electron chi connectivity index (χ0n) is 54.7. The molecule has 0 aliphatic carbocycles. The first-order valence-electron chi connectivity index (χ1n) is 31.8. The normalized spacial score (nSPS) is 10.8. The minimum absolute atomic E-state index is 0.00993. The molecule has 12 aromatic heterocycles. The molecular formula is C75H66N20O6. The summed E-state index contributed by atoms with van der Waals surface area (Å²) in [6, 6.07) is 51.9. The van der Waals surface area contributed by atoms with Gasteiger partial charge in [0.1, 0.15) is 34.9 Å². The molecule has 0 amide bonds. The molecule has 16 rings (SSSR count). The number of aliphatic hydroxyl groups excluding tert-OH is 2. The predicted molar refractivity (Wildman–Crippen MR) is 390 cm³/mol. The van der Waals surface area contributed by atoms with E-state index in [1.54, 1.807) is 83.0 Å². The largest absolute Gasteiger partial charge is 0.493 e. The lowest BCUT2D eigenvalue weighted by molar-refractivity contribution is 0.201. The van der Waals surface area contributed by atoms with Gasteiger partial charge in [0.25, 0.3) is 0 Å². The van der Waals surface area contributed by atoms with E-state index in [4.69, 9.17) is 29.2 Å². The van der Waals surface area contributed by atoms with E-state index in [-0.39, 0.29) is 19.8 Å². The van der Waals surface area contributed by atoms with E-state index >= 15 is 0 Å². The molecule has 0 saturated heterocycles. The Morgan fingerprint density at radius 1 is 0.347 bits per heavy atom. The third-order valence-corrected chi connectivity index (χ3v) is 15.6. The van der Waals surface area contributed by atoms with E-state index in [1.165, 1.54) is 0 Å². The maximum atomic E-state index is 8.98. The van der Waals surface area contributed by atoms with Crippen molar-refractivity contribution in [3.63, 3.8) is 0 Å². The number of pyridine rings is 4. The number of aliphatic hydroxyl groups is 2. The number of nitrogens with zero attached hydrogens (tertiary/aromatic N) is 12. The van der Waals surface area contributed by atoms with E-state index in [2.05, 4.69) is 101 Å². The predicted octanol–water partition coefficient (Wildman–Crippen LogP) is 14.0. The van der Waals surface area contributed by atoms with Gasteiger partial charge in [0.05, 0.1) is 50.7 Å². The Morgan fingerprint density at radius 2 is 0.703 bits per heavy atom. The number of nitrogens with one attached hydrogen (secondary N) is 8. The molecule has 26 heteroatoms. The monoisotopic (exact) mass is 1340 g/mol. The fourth-order valence-corrected chi connectivity index (χ4v) is 10.8. The molecule has 10 N–H and O–H groups in total. The number of aromatic nitrogens is 16. The Kier molecular flexibility index (Phi) is 20.8. The molecule has 0 fully saturated rings. The highest BCUT2D eigenvalue weighted by molar-refractivity contribution is 5.95. The van der Waals surface area contributed by atoms with Crippen molar-refractivity contribution in [1.29, 1.82) is 0 Å². The van der Waals surface area contributed by atoms with Crippen LogP contribution in [0.5, 0.6) is 23.0 Å². The van der Waals surface area contributed by atoms with Gasteiger partial charge in [-0.1, -0.05) is 30.3 Å². The quantitative estimate of drug-likeness (QED) is 0.0339. The lowest BCUT2D eigenvalue weighted by Crippen LogP contribution is -2.01. The molecule has 26 nitrogen and oxygen atoms in total. The number of methoxy groups -OCH3 is 3. The molecule has 12 heterocycles. The molecule has 0 spiro atoms. The maximum Gasteiger partial charge on any atom is 0.227 e. The number of benzene rings is 4. The van der Waals surface area contributed by atoms with Crippen LogP contribution in [0.3, 0.4) is 0 Å². The molecule has 502 valence electrons. The molecule has 0 aliphatic heterocycles. The minimum atomic E-state index is -0.00993. The van der Waals surface area contributed by atoms with Gasteiger partial charge in [0.2, 0.25) is 29.5 Å². The van der Waals surface area contributed by atoms with Crippen LogP contribution in [0, 0.1) is 0 Å². The lowest BCUT2D eigenvalue weighted by Gasteiger charge is -2.14. The number of para-hydroxylation sites is 1. The number of H-pyrrole nitrogens is 4. The van der Waals surface area contributed by atoms with E-state index < -0.39 is 0 Å². The number of aromatic amines is 4. The topological polar surface area (TPSA) is 343 Å². The first-order valence-corrected chi connectivity index (χ1v) is 31.8. The summed E-state index contributed by atoms with van der Waals surface area (Å²) in [4.78, 5) is 65.5. The van der Waals surface area contributed by atoms with Gasteiger partial charge in [-0.05, 0) is 133 Å². The molecule has 16 aromatic rings. The molecule has 0 aliphatic rings. The molecule has 101 heavy (non-hydrogen) atoms. The molecule has 0 saturated carbocycles. The Hall–Kier alpha value is -13.7. The highest BCUT2D eigenvalue weighted by Gasteiger charge is 2.17. The smallest absolute Gasteiger partial charge is 0.227 e. The average Bonchev–Trinajstić information content (AvgIpc) is 1.66. The summed E-state index contributed by atoms with van der Waals surface area (Å²) < 4.78 is 21.5. The van der Waals surface area contributed by atoms with E-state index in [1.807, 2.05) is 176 Å². The Morgan fingerprint density at radius 3 is 1.05 bits per heavy atom. The van der Waals surface area contributed by atoms with Gasteiger partial charge in [-0.3, -0.25) is 0 Å². The highest BCUT2D eigenvalue weighted by Crippen LogP contribution is 2.41. The zero-order chi connectivity index (χ0) is 69.1. The van der Waals surface area contributed by atoms with Gasteiger partial charge in [-0.25, -0.2) is 59.8 Å². The Bertz CT molecular complexity index is 5360. The number of rotatable bonds is 20. The average molecular weight is 1340 g/mol. The van der Waals surface area contributed by atoms with Crippen molar-refractivity contribution in [3.8, 4) is 68.0 Å². The summed E-state index contributed by atoms with van der Waals surface area (Å²) in [6.45, 7) is 0.415. The second-order valence-corrected chi connectivity index (χ2v) is 22.0. The van der Waals surface area contributed by atoms with Crippen LogP contribution in [0.25, 0.3) is 89.2 Å². The van der Waals surface area contributed by atoms with Crippen molar-refractivity contribution < 1.29 is 29.2 Å². The van der Waals surface area contributed by atoms with E-state index in [0.717, 1.165) is 112 Å². The number of anilines is 8. The summed E-state index contributed by atoms with van der Waals surface area (Å²) >= 11 is 0. The van der Waals surface area contributed by atoms with E-state index in [9.17, 15) is 0 Å². The Labute approximate surface area is 577 Å². The first-order chi connectivity index (χ1) is 49.8. The van der Waals surface area contributed by atoms with Gasteiger partial charge >= 0.3 is 0 Å². The number of ether oxygens (including phenoxy) is 4. The van der Waals surface area contributed by atoms with Crippen LogP contribution in [0.1, 0.15) is 5.56 Å². The van der Waals surface area contributed by atoms with Crippen LogP contribution in [0.15, 0.2) is 238 Å². The highest BCUT2D eigenvalue weighted by atomic mass is 16.5. The van der Waals surface area contributed by atoms with Gasteiger partial charge in [-0.15, -0.1) is 0 Å². The van der Waals surface area contributed by atoms with Crippen molar-refractivity contribution in [3.05, 3.63) is 244 Å². The van der Waals surface area contributed by atoms with Crippen LogP contribution in [-0.2, 0) is 6.42 Å². The van der Waals surface area contributed by atoms with Gasteiger partial charge in [-0.2, -0.15) is 0 Å². The molecule has 0 radical (unpaired) electrons. The summed E-state index contributed by atoms with van der Waals surface area (Å²) in [5.74, 6) is 4.37. The molecule has 0 atom stereocenters. The molecule has 4 aromatic carbocycles. The van der Waals surface area contributed by atoms with Crippen LogP contribution < -0.4 is 40.2 Å². The fourth-order valence-electron chi connectivity index (χ4n) is 10.8. The van der Waals surface area contributed by atoms with Crippen LogP contribution in [0.2, 0.25) is 0 Å². The number of fused-ring (bicyclic) bond motifs is 4. The minimum Gasteiger partial charge on any atom is -0.493 e. The summed E-state index contributed by atoms with van der Waals surface area (Å²) in [6.07, 6.45) is 22.2. The van der Waals surface area contributed by atoms with Crippen molar-refractivity contribution in [1.82, 2.24) is 79.7 Å². The summed E-state index contributed by atoms with van der Waals surface area (Å²) in [5.41, 5.74) is 15.1. The van der Waals surface area contributed by atoms with Crippen molar-refractivity contribution >= 4 is 90.7 Å². The Balaban J connectivity index is 0.000000121. The van der Waals surface area contributed by atoms with Crippen molar-refractivity contribution in [2.75, 3.05) is 62.4 Å². The zero-order valence-corrected chi connectivity index (χ0v) is 54.7. The lowest BCUT2D eigenvalue weighted by atomic mass is 10.1. The van der Waals surface area contributed by atoms with Crippen LogP contribution in [0.4, 0.5) is 46.5 Å². The SMILES string of the molecule is COc1cc(Nc2nccc(-c3c[nH]c4ncccc34)n2)cc(OC)c1OC.OCCOc1ccc(Nc2nccc(-c3c[nH]c4ncccc34)n2)cc1.OCCc1ccc(Nc2nccc(-c3c[nH]c4ncccc34)n2)cc1.c1ccc(Nc2nccc(-c3c[nH]c4ncccc34)n2)cc1. The molecule has 0 bridgehead atoms. The molecule has 0 unspecified atom stereocenters. The second-order valence-electron chi connectivity index (χ2n) is 22.0. The van der Waals surface area contributed by atoms with Gasteiger partial charge in [0, 0.05) is 160 Å². The van der Waals surface area contributed by atoms with Crippen LogP contribution in [-0.4, -0.2) is 131 Å². The first kappa shape index (κ1) is 65.9. The third-order valence-electron chi connectivity index (χ3n) is 15.6. The fraction of sp³-hybridized carbons (Fsp3) is 0.0933. The van der Waals surface area contributed by atoms with Crippen LogP contribution >= 0.6 is 0 Å². The summed E-state index contributed by atoms with van der Waals surface area (Å²) in [7, 11) is 4.71. The van der Waals surface area contributed by atoms with Crippen molar-refractivity contribution in [2.24, 2.45) is 0 Å². The summed E-state index contributed by atoms with van der Waals surface area (Å²) in [5, 5.41) is 34.7. The molecular weight excluding hydrogens is 1280 g/mol. The van der Waals surface area contributed by atoms with Crippen molar-refractivity contribution in [2.45, 2.75) is 6.42 Å². The number of hydrogen-bond acceptors (Lipinski definition) is 22. The second kappa shape index (κ2) is 31.9. The standard InChI is InChI=1S/C20H19N5O3.C19H17N5O2.C19H17N5O.C17H13N5/c1-26-16-9-12(10-17(27-2)18(16)28-3)24-20-22-8-6-15(25-20)14-11-23-19-13(14)5-4-7-21-19;25-10-11-26-14-5-3-13(4-6-14)23-19-21-9-7-17(24-19)16-12-22-18-15(16)2-1-8-20-18;25-11-8-13-3-5-14(6-4-13)23-19-21-10-7-17(24-19)16-12-22-18-15(16)2-1-9-20-18;1-2-5-12(6-3-1)21-17-19-10-8-15(22-17)14-11-20-16-13(14)7-4-9-18-16/h4-11H,1-3H3,(H,21,23)(H,22,24,25);1-9,12,25H,10-11H2,(H,20,22)(H,21,23,24);1-7,9-10,12,25H,8,11H2,(H,20,22)(H,21,23,24);1-11H,(H,18,20)(H,19,21,22). The maximum absolute atomic E-state index is 8.98. The van der Waals surface area contributed by atoms with Gasteiger partial charge in [0.15, 0.2) is 11.5 Å². The van der Waals surface area contributed by atoms with Gasteiger partial charge < -0.3 is 70.4 Å². The number of hydrogen-bond donors (Lipinski definition) is 10. The van der Waals surface area contributed by atoms with E-state index in [0.29, 0.717) is 58.9 Å². The third kappa shape index (κ3) is 16.1.